The molecule has 5 heteroatoms. The van der Waals surface area contributed by atoms with Gasteiger partial charge in [-0.15, -0.1) is 0 Å². The molecule has 0 aliphatic rings. The zero-order valence-corrected chi connectivity index (χ0v) is 10.4. The van der Waals surface area contributed by atoms with Gasteiger partial charge in [-0.3, -0.25) is 4.79 Å². The van der Waals surface area contributed by atoms with Gasteiger partial charge in [0.05, 0.1) is 5.69 Å². The van der Waals surface area contributed by atoms with Gasteiger partial charge < -0.3 is 5.11 Å². The van der Waals surface area contributed by atoms with Gasteiger partial charge in [0, 0.05) is 12.3 Å². The lowest BCUT2D eigenvalue weighted by Crippen LogP contribution is -2.20. The van der Waals surface area contributed by atoms with Crippen LogP contribution in [0, 0.1) is 0 Å². The first-order valence-electron chi connectivity index (χ1n) is 5.97. The Balaban J connectivity index is 2.18. The molecule has 2 aromatic carbocycles. The van der Waals surface area contributed by atoms with E-state index in [1.54, 1.807) is 0 Å². The number of hydrogen-bond acceptors (Lipinski definition) is 3. The molecule has 0 aliphatic heterocycles. The fraction of sp³-hybridized carbons (Fsp3) is 0. The van der Waals surface area contributed by atoms with Gasteiger partial charge in [0.1, 0.15) is 0 Å². The van der Waals surface area contributed by atoms with Gasteiger partial charge in [-0.25, -0.2) is 9.48 Å². The third-order valence-corrected chi connectivity index (χ3v) is 3.01. The van der Waals surface area contributed by atoms with Crippen molar-refractivity contribution in [3.63, 3.8) is 0 Å². The molecule has 0 saturated carbocycles. The highest BCUT2D eigenvalue weighted by Gasteiger charge is 2.11. The largest absolute Gasteiger partial charge is 0.476 e. The molecule has 0 spiro atoms. The van der Waals surface area contributed by atoms with Crippen LogP contribution in [0.25, 0.3) is 16.5 Å². The Bertz CT molecular complexity index is 868. The van der Waals surface area contributed by atoms with E-state index < -0.39 is 17.1 Å². The Kier molecular flexibility index (Phi) is 2.80. The number of carbonyl (C=O) groups is 1. The van der Waals surface area contributed by atoms with E-state index >= 15 is 0 Å². The summed E-state index contributed by atoms with van der Waals surface area (Å²) in [6.45, 7) is 0. The van der Waals surface area contributed by atoms with Gasteiger partial charge in [0.15, 0.2) is 0 Å². The lowest BCUT2D eigenvalue weighted by atomic mass is 10.1. The molecule has 0 fully saturated rings. The van der Waals surface area contributed by atoms with Gasteiger partial charge in [-0.1, -0.05) is 30.3 Å². The van der Waals surface area contributed by atoms with E-state index in [1.165, 1.54) is 16.9 Å². The number of carboxylic acid groups (broad SMARTS) is 1. The van der Waals surface area contributed by atoms with Crippen LogP contribution in [0.1, 0.15) is 10.5 Å². The van der Waals surface area contributed by atoms with Crippen molar-refractivity contribution in [3.8, 4) is 5.69 Å². The van der Waals surface area contributed by atoms with E-state index in [2.05, 4.69) is 5.10 Å². The van der Waals surface area contributed by atoms with E-state index in [9.17, 15) is 9.59 Å². The summed E-state index contributed by atoms with van der Waals surface area (Å²) in [7, 11) is 0. The molecule has 0 unspecified atom stereocenters. The molecule has 3 aromatic rings. The van der Waals surface area contributed by atoms with Gasteiger partial charge in [-0.2, -0.15) is 5.10 Å². The zero-order chi connectivity index (χ0) is 14.1. The number of benzene rings is 2. The van der Waals surface area contributed by atoms with Crippen molar-refractivity contribution in [1.29, 1.82) is 0 Å². The van der Waals surface area contributed by atoms with Crippen LogP contribution in [-0.4, -0.2) is 20.9 Å². The normalized spacial score (nSPS) is 10.6. The maximum Gasteiger partial charge on any atom is 0.360 e. The quantitative estimate of drug-likeness (QED) is 0.770. The number of fused-ring (bicyclic) bond motifs is 1. The van der Waals surface area contributed by atoms with Crippen LogP contribution in [0.5, 0.6) is 0 Å². The summed E-state index contributed by atoms with van der Waals surface area (Å²) in [4.78, 5) is 22.3. The van der Waals surface area contributed by atoms with Crippen LogP contribution >= 0.6 is 0 Å². The molecule has 0 amide bonds. The number of aromatic nitrogens is 2. The smallest absolute Gasteiger partial charge is 0.360 e. The predicted octanol–water partition coefficient (Wildman–Crippen LogP) is 2.08. The molecule has 1 N–H and O–H groups in total. The van der Waals surface area contributed by atoms with Crippen LogP contribution in [0.4, 0.5) is 0 Å². The second-order valence-electron chi connectivity index (χ2n) is 4.31. The average Bonchev–Trinajstić information content (AvgIpc) is 2.47. The van der Waals surface area contributed by atoms with Crippen molar-refractivity contribution in [3.05, 3.63) is 70.6 Å². The topological polar surface area (TPSA) is 72.2 Å². The third-order valence-electron chi connectivity index (χ3n) is 3.01. The van der Waals surface area contributed by atoms with E-state index in [4.69, 9.17) is 5.11 Å². The second kappa shape index (κ2) is 4.62. The first-order chi connectivity index (χ1) is 9.65. The average molecular weight is 266 g/mol. The monoisotopic (exact) mass is 266 g/mol. The zero-order valence-electron chi connectivity index (χ0n) is 10.4. The minimum Gasteiger partial charge on any atom is -0.476 e. The Morgan fingerprint density at radius 3 is 2.55 bits per heavy atom. The summed E-state index contributed by atoms with van der Waals surface area (Å²) in [5.41, 5.74) is -0.388. The van der Waals surface area contributed by atoms with Gasteiger partial charge >= 0.3 is 5.97 Å². The fourth-order valence-corrected chi connectivity index (χ4v) is 2.02. The summed E-state index contributed by atoms with van der Waals surface area (Å²) in [6, 6.07) is 14.6. The van der Waals surface area contributed by atoms with Gasteiger partial charge in [0.2, 0.25) is 11.1 Å². The molecular formula is C15H10N2O3. The molecular weight excluding hydrogens is 256 g/mol. The highest BCUT2D eigenvalue weighted by atomic mass is 16.4. The van der Waals surface area contributed by atoms with Crippen molar-refractivity contribution in [2.45, 2.75) is 0 Å². The summed E-state index contributed by atoms with van der Waals surface area (Å²) < 4.78 is 1.39. The molecule has 5 nitrogen and oxygen atoms in total. The second-order valence-corrected chi connectivity index (χ2v) is 4.31. The molecule has 1 heterocycles. The molecule has 0 bridgehead atoms. The standard InChI is InChI=1S/C15H10N2O3/c18-13-7-8-17(16-14(13)15(19)20)12-6-5-10-3-1-2-4-11(10)9-12/h1-9H,(H,19,20). The van der Waals surface area contributed by atoms with Gasteiger partial charge in [0.25, 0.3) is 0 Å². The van der Waals surface area contributed by atoms with Crippen molar-refractivity contribution < 1.29 is 9.90 Å². The van der Waals surface area contributed by atoms with Crippen molar-refractivity contribution in [2.75, 3.05) is 0 Å². The Hall–Kier alpha value is -2.95. The lowest BCUT2D eigenvalue weighted by Gasteiger charge is -2.07. The molecule has 0 saturated heterocycles. The van der Waals surface area contributed by atoms with E-state index in [1.807, 2.05) is 42.5 Å². The summed E-state index contributed by atoms with van der Waals surface area (Å²) in [5.74, 6) is -1.33. The van der Waals surface area contributed by atoms with Crippen LogP contribution in [0.15, 0.2) is 59.5 Å². The summed E-state index contributed by atoms with van der Waals surface area (Å²) >= 11 is 0. The third kappa shape index (κ3) is 2.05. The van der Waals surface area contributed by atoms with Crippen molar-refractivity contribution in [2.24, 2.45) is 0 Å². The SMILES string of the molecule is O=C(O)c1nn(-c2ccc3ccccc3c2)ccc1=O. The minimum atomic E-state index is -1.33. The number of nitrogens with zero attached hydrogens (tertiary/aromatic N) is 2. The summed E-state index contributed by atoms with van der Waals surface area (Å²) in [6.07, 6.45) is 1.46. The number of hydrogen-bond donors (Lipinski definition) is 1. The molecule has 20 heavy (non-hydrogen) atoms. The molecule has 98 valence electrons. The Labute approximate surface area is 113 Å². The highest BCUT2D eigenvalue weighted by Crippen LogP contribution is 2.17. The van der Waals surface area contributed by atoms with Crippen LogP contribution in [0.2, 0.25) is 0 Å². The van der Waals surface area contributed by atoms with Crippen molar-refractivity contribution in [1.82, 2.24) is 9.78 Å². The first-order valence-corrected chi connectivity index (χ1v) is 5.97. The molecule has 3 rings (SSSR count). The fourth-order valence-electron chi connectivity index (χ4n) is 2.02. The lowest BCUT2D eigenvalue weighted by molar-refractivity contribution is 0.0687. The Morgan fingerprint density at radius 2 is 1.80 bits per heavy atom. The molecule has 0 radical (unpaired) electrons. The van der Waals surface area contributed by atoms with Crippen LogP contribution < -0.4 is 5.43 Å². The highest BCUT2D eigenvalue weighted by molar-refractivity contribution is 5.85. The first kappa shape index (κ1) is 12.1. The molecule has 0 atom stereocenters. The van der Waals surface area contributed by atoms with Crippen molar-refractivity contribution >= 4 is 16.7 Å². The number of aromatic carboxylic acids is 1. The van der Waals surface area contributed by atoms with Crippen LogP contribution in [-0.2, 0) is 0 Å². The summed E-state index contributed by atoms with van der Waals surface area (Å²) in [5, 5.41) is 14.9. The van der Waals surface area contributed by atoms with Crippen LogP contribution in [0.3, 0.4) is 0 Å². The molecule has 0 aliphatic carbocycles. The van der Waals surface area contributed by atoms with E-state index in [0.29, 0.717) is 5.69 Å². The van der Waals surface area contributed by atoms with Gasteiger partial charge in [-0.05, 0) is 22.9 Å². The maximum atomic E-state index is 11.4. The predicted molar refractivity (Wildman–Crippen MR) is 74.3 cm³/mol. The minimum absolute atomic E-state index is 0.486. The maximum absolute atomic E-state index is 11.4. The molecule has 1 aromatic heterocycles. The number of rotatable bonds is 2. The van der Waals surface area contributed by atoms with E-state index in [-0.39, 0.29) is 0 Å². The Morgan fingerprint density at radius 1 is 1.05 bits per heavy atom. The van der Waals surface area contributed by atoms with E-state index in [0.717, 1.165) is 10.8 Å². The number of carboxylic acids is 1.